The molecule has 1 aliphatic carbocycles. The van der Waals surface area contributed by atoms with Gasteiger partial charge in [0.05, 0.1) is 27.4 Å². The molecule has 1 saturated heterocycles. The third-order valence-electron chi connectivity index (χ3n) is 4.92. The molecule has 3 rings (SSSR count). The fourth-order valence-corrected chi connectivity index (χ4v) is 3.82. The summed E-state index contributed by atoms with van der Waals surface area (Å²) in [6.45, 7) is 4.53. The highest BCUT2D eigenvalue weighted by atomic mass is 16.5. The Hall–Kier alpha value is -1.33. The van der Waals surface area contributed by atoms with E-state index in [4.69, 9.17) is 14.2 Å². The van der Waals surface area contributed by atoms with Gasteiger partial charge in [0, 0.05) is 37.3 Å². The molecule has 1 saturated carbocycles. The second kappa shape index (κ2) is 6.84. The Morgan fingerprint density at radius 2 is 2.09 bits per heavy atom. The largest absolute Gasteiger partial charge is 0.493 e. The summed E-state index contributed by atoms with van der Waals surface area (Å²) < 4.78 is 16.8. The van der Waals surface area contributed by atoms with Gasteiger partial charge in [-0.3, -0.25) is 9.88 Å². The van der Waals surface area contributed by atoms with Crippen LogP contribution in [0.1, 0.15) is 31.4 Å². The maximum absolute atomic E-state index is 5.88. The first-order valence-corrected chi connectivity index (χ1v) is 8.12. The molecule has 2 aliphatic rings. The highest BCUT2D eigenvalue weighted by molar-refractivity contribution is 5.42. The Bertz CT molecular complexity index is 501. The minimum atomic E-state index is 0.350. The standard InChI is InChI=1S/C17H26N2O3/c1-20-15-5-8-18-14(16(15)21-2)11-19-9-10-22-13-17(12-19)6-3-4-7-17/h5,8H,3-4,6-7,9-13H2,1-2H3. The Kier molecular flexibility index (Phi) is 4.84. The summed E-state index contributed by atoms with van der Waals surface area (Å²) in [5.41, 5.74) is 1.29. The van der Waals surface area contributed by atoms with Gasteiger partial charge in [0.25, 0.3) is 0 Å². The Labute approximate surface area is 132 Å². The van der Waals surface area contributed by atoms with Gasteiger partial charge in [-0.25, -0.2) is 0 Å². The molecule has 0 aromatic carbocycles. The molecular weight excluding hydrogens is 280 g/mol. The number of hydrogen-bond donors (Lipinski definition) is 0. The van der Waals surface area contributed by atoms with Crippen LogP contribution in [0, 0.1) is 5.41 Å². The lowest BCUT2D eigenvalue weighted by atomic mass is 9.86. The molecule has 0 atom stereocenters. The van der Waals surface area contributed by atoms with Crippen molar-refractivity contribution in [1.82, 2.24) is 9.88 Å². The first-order valence-electron chi connectivity index (χ1n) is 8.12. The lowest BCUT2D eigenvalue weighted by Gasteiger charge is -2.31. The Balaban J connectivity index is 1.77. The fraction of sp³-hybridized carbons (Fsp3) is 0.706. The summed E-state index contributed by atoms with van der Waals surface area (Å²) in [4.78, 5) is 6.97. The van der Waals surface area contributed by atoms with E-state index < -0.39 is 0 Å². The topological polar surface area (TPSA) is 43.8 Å². The zero-order valence-corrected chi connectivity index (χ0v) is 13.6. The maximum atomic E-state index is 5.88. The van der Waals surface area contributed by atoms with E-state index in [9.17, 15) is 0 Å². The molecule has 0 bridgehead atoms. The molecule has 22 heavy (non-hydrogen) atoms. The van der Waals surface area contributed by atoms with Crippen LogP contribution in [-0.4, -0.2) is 50.4 Å². The van der Waals surface area contributed by atoms with Crippen molar-refractivity contribution in [3.05, 3.63) is 18.0 Å². The number of methoxy groups -OCH3 is 2. The highest BCUT2D eigenvalue weighted by Gasteiger charge is 2.37. The first kappa shape index (κ1) is 15.6. The number of aromatic nitrogens is 1. The molecule has 1 aromatic rings. The molecule has 5 nitrogen and oxygen atoms in total. The second-order valence-corrected chi connectivity index (χ2v) is 6.46. The van der Waals surface area contributed by atoms with Gasteiger partial charge in [-0.2, -0.15) is 0 Å². The van der Waals surface area contributed by atoms with Crippen molar-refractivity contribution in [2.24, 2.45) is 5.41 Å². The van der Waals surface area contributed by atoms with Crippen LogP contribution in [0.4, 0.5) is 0 Å². The molecule has 2 heterocycles. The highest BCUT2D eigenvalue weighted by Crippen LogP contribution is 2.40. The van der Waals surface area contributed by atoms with Crippen LogP contribution in [0.25, 0.3) is 0 Å². The molecule has 0 N–H and O–H groups in total. The predicted octanol–water partition coefficient (Wildman–Crippen LogP) is 2.49. The number of pyridine rings is 1. The van der Waals surface area contributed by atoms with E-state index >= 15 is 0 Å². The molecule has 2 fully saturated rings. The number of hydrogen-bond acceptors (Lipinski definition) is 5. The fourth-order valence-electron chi connectivity index (χ4n) is 3.82. The van der Waals surface area contributed by atoms with Crippen molar-refractivity contribution >= 4 is 0 Å². The van der Waals surface area contributed by atoms with Crippen molar-refractivity contribution in [2.45, 2.75) is 32.2 Å². The average molecular weight is 306 g/mol. The Morgan fingerprint density at radius 1 is 1.27 bits per heavy atom. The van der Waals surface area contributed by atoms with E-state index in [0.29, 0.717) is 5.41 Å². The summed E-state index contributed by atoms with van der Waals surface area (Å²) in [6.07, 6.45) is 7.02. The van der Waals surface area contributed by atoms with Gasteiger partial charge in [-0.05, 0) is 12.8 Å². The van der Waals surface area contributed by atoms with E-state index in [1.165, 1.54) is 25.7 Å². The van der Waals surface area contributed by atoms with Crippen molar-refractivity contribution in [3.8, 4) is 11.5 Å². The van der Waals surface area contributed by atoms with Crippen molar-refractivity contribution in [1.29, 1.82) is 0 Å². The van der Waals surface area contributed by atoms with Crippen LogP contribution in [-0.2, 0) is 11.3 Å². The molecule has 0 amide bonds. The second-order valence-electron chi connectivity index (χ2n) is 6.46. The van der Waals surface area contributed by atoms with Gasteiger partial charge < -0.3 is 14.2 Å². The quantitative estimate of drug-likeness (QED) is 0.855. The number of ether oxygens (including phenoxy) is 3. The normalized spacial score (nSPS) is 21.7. The molecule has 0 unspecified atom stereocenters. The molecule has 1 spiro atoms. The van der Waals surface area contributed by atoms with Crippen molar-refractivity contribution in [3.63, 3.8) is 0 Å². The first-order chi connectivity index (χ1) is 10.8. The van der Waals surface area contributed by atoms with Gasteiger partial charge in [0.2, 0.25) is 0 Å². The van der Waals surface area contributed by atoms with Gasteiger partial charge in [0.15, 0.2) is 11.5 Å². The Morgan fingerprint density at radius 3 is 2.82 bits per heavy atom. The van der Waals surface area contributed by atoms with E-state index in [2.05, 4.69) is 9.88 Å². The maximum Gasteiger partial charge on any atom is 0.183 e. The van der Waals surface area contributed by atoms with Crippen LogP contribution in [0.15, 0.2) is 12.3 Å². The average Bonchev–Trinajstić information content (AvgIpc) is 2.89. The smallest absolute Gasteiger partial charge is 0.183 e. The van der Waals surface area contributed by atoms with Crippen molar-refractivity contribution in [2.75, 3.05) is 40.5 Å². The predicted molar refractivity (Wildman–Crippen MR) is 84.3 cm³/mol. The van der Waals surface area contributed by atoms with Crippen LogP contribution in [0.2, 0.25) is 0 Å². The molecule has 1 aromatic heterocycles. The van der Waals surface area contributed by atoms with E-state index in [-0.39, 0.29) is 0 Å². The third-order valence-corrected chi connectivity index (χ3v) is 4.92. The van der Waals surface area contributed by atoms with Gasteiger partial charge >= 0.3 is 0 Å². The molecule has 0 radical (unpaired) electrons. The number of rotatable bonds is 4. The van der Waals surface area contributed by atoms with Crippen LogP contribution in [0.5, 0.6) is 11.5 Å². The van der Waals surface area contributed by atoms with Crippen LogP contribution < -0.4 is 9.47 Å². The third kappa shape index (κ3) is 3.20. The minimum Gasteiger partial charge on any atom is -0.493 e. The van der Waals surface area contributed by atoms with Crippen LogP contribution in [0.3, 0.4) is 0 Å². The summed E-state index contributed by atoms with van der Waals surface area (Å²) in [7, 11) is 3.34. The lowest BCUT2D eigenvalue weighted by molar-refractivity contribution is 0.0708. The lowest BCUT2D eigenvalue weighted by Crippen LogP contribution is -2.36. The molecule has 122 valence electrons. The van der Waals surface area contributed by atoms with Gasteiger partial charge in [0.1, 0.15) is 5.69 Å². The summed E-state index contributed by atoms with van der Waals surface area (Å²) >= 11 is 0. The van der Waals surface area contributed by atoms with E-state index in [1.807, 2.05) is 6.07 Å². The van der Waals surface area contributed by atoms with Crippen molar-refractivity contribution < 1.29 is 14.2 Å². The minimum absolute atomic E-state index is 0.350. The van der Waals surface area contributed by atoms with E-state index in [0.717, 1.165) is 50.0 Å². The van der Waals surface area contributed by atoms with Crippen LogP contribution >= 0.6 is 0 Å². The zero-order valence-electron chi connectivity index (χ0n) is 13.6. The SMILES string of the molecule is COc1ccnc(CN2CCOCC3(CCCC3)C2)c1OC. The summed E-state index contributed by atoms with van der Waals surface area (Å²) in [6, 6.07) is 1.84. The van der Waals surface area contributed by atoms with Gasteiger partial charge in [-0.1, -0.05) is 12.8 Å². The molecule has 1 aliphatic heterocycles. The monoisotopic (exact) mass is 306 g/mol. The molecule has 5 heteroatoms. The zero-order chi connectivity index (χ0) is 15.4. The van der Waals surface area contributed by atoms with Gasteiger partial charge in [-0.15, -0.1) is 0 Å². The number of nitrogens with zero attached hydrogens (tertiary/aromatic N) is 2. The summed E-state index contributed by atoms with van der Waals surface area (Å²) in [5, 5.41) is 0. The summed E-state index contributed by atoms with van der Waals surface area (Å²) in [5.74, 6) is 1.49. The molecular formula is C17H26N2O3. The van der Waals surface area contributed by atoms with E-state index in [1.54, 1.807) is 20.4 Å².